The Bertz CT molecular complexity index is 3480. The van der Waals surface area contributed by atoms with Crippen LogP contribution in [0.25, 0.3) is 51.1 Å². The van der Waals surface area contributed by atoms with Gasteiger partial charge < -0.3 is 9.80 Å². The van der Waals surface area contributed by atoms with E-state index in [-0.39, 0.29) is 17.5 Å². The average molecular weight is 895 g/mol. The molecule has 2 aliphatic rings. The maximum Gasteiger partial charge on any atom is 0.264 e. The second-order valence-electron chi connectivity index (χ2n) is 20.4. The lowest BCUT2D eigenvalue weighted by Crippen LogP contribution is -2.60. The van der Waals surface area contributed by atoms with Crippen molar-refractivity contribution in [1.29, 1.82) is 0 Å². The van der Waals surface area contributed by atoms with Gasteiger partial charge in [-0.3, -0.25) is 0 Å². The number of aryl methyl sites for hydroxylation is 3. The van der Waals surface area contributed by atoms with Gasteiger partial charge in [0.15, 0.2) is 0 Å². The summed E-state index contributed by atoms with van der Waals surface area (Å²) < 4.78 is 5.39. The first kappa shape index (κ1) is 40.6. The van der Waals surface area contributed by atoms with Crippen LogP contribution in [0.4, 0.5) is 34.1 Å². The summed E-state index contributed by atoms with van der Waals surface area (Å²) in [5, 5.41) is 3.93. The lowest BCUT2D eigenvalue weighted by molar-refractivity contribution is 0.589. The zero-order chi connectivity index (χ0) is 44.7. The van der Waals surface area contributed by atoms with Crippen LogP contribution in [0.3, 0.4) is 0 Å². The van der Waals surface area contributed by atoms with Crippen LogP contribution in [-0.4, -0.2) is 6.71 Å². The van der Waals surface area contributed by atoms with Crippen molar-refractivity contribution in [2.45, 2.75) is 73.1 Å². The fraction of sp³-hybridized carbons (Fsp3) is 0.186. The summed E-state index contributed by atoms with van der Waals surface area (Å²) in [6.07, 6.45) is 0. The quantitative estimate of drug-likeness (QED) is 0.162. The molecule has 0 saturated carbocycles. The molecule has 0 bridgehead atoms. The molecule has 0 aliphatic carbocycles. The van der Waals surface area contributed by atoms with Crippen molar-refractivity contribution in [1.82, 2.24) is 0 Å². The second-order valence-corrected chi connectivity index (χ2v) is 23.7. The Balaban J connectivity index is 1.14. The lowest BCUT2D eigenvalue weighted by Gasteiger charge is -2.44. The molecule has 0 spiro atoms. The van der Waals surface area contributed by atoms with Gasteiger partial charge in [-0.05, 0) is 159 Å². The lowest BCUT2D eigenvalue weighted by atomic mass is 9.36. The maximum atomic E-state index is 2.68. The molecule has 2 nitrogen and oxygen atoms in total. The zero-order valence-electron chi connectivity index (χ0n) is 38.6. The Morgan fingerprint density at radius 2 is 1.05 bits per heavy atom. The van der Waals surface area contributed by atoms with Crippen molar-refractivity contribution in [3.63, 3.8) is 0 Å². The van der Waals surface area contributed by atoms with E-state index in [4.69, 9.17) is 0 Å². The molecule has 12 rings (SSSR count). The van der Waals surface area contributed by atoms with Crippen LogP contribution in [0.1, 0.15) is 69.4 Å². The highest BCUT2D eigenvalue weighted by Crippen LogP contribution is 2.51. The SMILES string of the molecule is Cc1cc2c3c(c1)N(c1c(C)cc(C(C)(C)C)cc1C)c1c(sc4ccc(C(C)(C)C)cc14)B3c1cc(-c3cc4ccccc4s3)ccc1N2c1ccc(-c2cc3ccccc3s2)cc1. The maximum absolute atomic E-state index is 2.68. The van der Waals surface area contributed by atoms with Crippen LogP contribution in [0.5, 0.6) is 0 Å². The van der Waals surface area contributed by atoms with E-state index in [0.29, 0.717) is 0 Å². The number of thiophene rings is 3. The molecule has 65 heavy (non-hydrogen) atoms. The fourth-order valence-electron chi connectivity index (χ4n) is 10.5. The van der Waals surface area contributed by atoms with Crippen molar-refractivity contribution >= 4 is 121 Å². The zero-order valence-corrected chi connectivity index (χ0v) is 41.0. The molecule has 3 aromatic heterocycles. The standard InChI is InChI=1S/C59H51BN2S3/c1-34-26-47-54-48(27-34)62(55-35(2)28-42(29-36(55)3)59(7,8)9)56-44-33-41(58(4,5)6)21-25-51(44)65-57(56)60(54)45-30-40(53-32-39-15-11-13-17-50(39)64-53)20-24-46(45)61(47)43-22-18-37(19-23-43)52-31-38-14-10-12-16-49(38)63-52/h10-33H,1-9H3. The van der Waals surface area contributed by atoms with Gasteiger partial charge in [-0.1, -0.05) is 120 Å². The number of hydrogen-bond acceptors (Lipinski definition) is 5. The molecule has 2 aliphatic heterocycles. The summed E-state index contributed by atoms with van der Waals surface area (Å²) in [7, 11) is 0. The minimum Gasteiger partial charge on any atom is -0.311 e. The van der Waals surface area contributed by atoms with Gasteiger partial charge in [0, 0.05) is 56.8 Å². The van der Waals surface area contributed by atoms with E-state index in [2.05, 4.69) is 218 Å². The van der Waals surface area contributed by atoms with Gasteiger partial charge in [-0.2, -0.15) is 0 Å². The average Bonchev–Trinajstić information content (AvgIpc) is 4.01. The van der Waals surface area contributed by atoms with Crippen LogP contribution in [0.15, 0.2) is 146 Å². The van der Waals surface area contributed by atoms with Crippen molar-refractivity contribution in [3.05, 3.63) is 173 Å². The van der Waals surface area contributed by atoms with Crippen LogP contribution < -0.4 is 25.5 Å². The molecule has 0 unspecified atom stereocenters. The molecule has 7 aromatic carbocycles. The number of anilines is 6. The third kappa shape index (κ3) is 6.47. The van der Waals surface area contributed by atoms with Gasteiger partial charge in [-0.25, -0.2) is 0 Å². The molecular weight excluding hydrogens is 844 g/mol. The molecule has 0 radical (unpaired) electrons. The first-order valence-corrected chi connectivity index (χ1v) is 25.3. The Labute approximate surface area is 395 Å². The van der Waals surface area contributed by atoms with Gasteiger partial charge in [0.25, 0.3) is 6.71 Å². The Morgan fingerprint density at radius 3 is 1.66 bits per heavy atom. The van der Waals surface area contributed by atoms with E-state index < -0.39 is 0 Å². The molecule has 318 valence electrons. The summed E-state index contributed by atoms with van der Waals surface area (Å²) >= 11 is 5.75. The first-order valence-electron chi connectivity index (χ1n) is 22.8. The molecule has 10 aromatic rings. The molecule has 0 saturated heterocycles. The number of nitrogens with zero attached hydrogens (tertiary/aromatic N) is 2. The first-order chi connectivity index (χ1) is 31.2. The summed E-state index contributed by atoms with van der Waals surface area (Å²) in [6, 6.07) is 56.0. The highest BCUT2D eigenvalue weighted by atomic mass is 32.1. The number of hydrogen-bond donors (Lipinski definition) is 0. The molecule has 0 amide bonds. The summed E-state index contributed by atoms with van der Waals surface area (Å²) in [5.74, 6) is 0. The van der Waals surface area contributed by atoms with Gasteiger partial charge >= 0.3 is 0 Å². The van der Waals surface area contributed by atoms with Crippen molar-refractivity contribution in [2.24, 2.45) is 0 Å². The Kier molecular flexibility index (Phi) is 9.08. The summed E-state index contributed by atoms with van der Waals surface area (Å²) in [5.41, 5.74) is 19.4. The molecule has 0 N–H and O–H groups in total. The highest BCUT2D eigenvalue weighted by molar-refractivity contribution is 7.33. The van der Waals surface area contributed by atoms with Crippen molar-refractivity contribution in [3.8, 4) is 20.9 Å². The van der Waals surface area contributed by atoms with E-state index in [0.717, 1.165) is 0 Å². The van der Waals surface area contributed by atoms with Crippen LogP contribution in [0, 0.1) is 20.8 Å². The number of fused-ring (bicyclic) bond motifs is 8. The van der Waals surface area contributed by atoms with Gasteiger partial charge in [-0.15, -0.1) is 34.0 Å². The molecule has 0 fully saturated rings. The van der Waals surface area contributed by atoms with E-state index in [1.807, 2.05) is 34.0 Å². The van der Waals surface area contributed by atoms with Gasteiger partial charge in [0.05, 0.1) is 11.4 Å². The van der Waals surface area contributed by atoms with Crippen LogP contribution in [-0.2, 0) is 10.8 Å². The number of rotatable bonds is 4. The molecular formula is C59H51BN2S3. The Morgan fingerprint density at radius 1 is 0.462 bits per heavy atom. The fourth-order valence-corrected chi connectivity index (χ4v) is 13.9. The summed E-state index contributed by atoms with van der Waals surface area (Å²) in [6.45, 7) is 21.0. The third-order valence-corrected chi connectivity index (χ3v) is 17.4. The predicted molar refractivity (Wildman–Crippen MR) is 289 cm³/mol. The molecule has 0 atom stereocenters. The highest BCUT2D eigenvalue weighted by Gasteiger charge is 2.46. The normalized spacial score (nSPS) is 13.5. The van der Waals surface area contributed by atoms with E-state index in [9.17, 15) is 0 Å². The van der Waals surface area contributed by atoms with Crippen molar-refractivity contribution < 1.29 is 0 Å². The van der Waals surface area contributed by atoms with Crippen molar-refractivity contribution in [2.75, 3.05) is 9.80 Å². The van der Waals surface area contributed by atoms with Gasteiger partial charge in [0.2, 0.25) is 0 Å². The smallest absolute Gasteiger partial charge is 0.264 e. The van der Waals surface area contributed by atoms with E-state index >= 15 is 0 Å². The minimum absolute atomic E-state index is 0.00791. The monoisotopic (exact) mass is 894 g/mol. The largest absolute Gasteiger partial charge is 0.311 e. The second kappa shape index (κ2) is 14.5. The number of benzene rings is 7. The van der Waals surface area contributed by atoms with Gasteiger partial charge in [0.1, 0.15) is 0 Å². The van der Waals surface area contributed by atoms with E-state index in [1.54, 1.807) is 0 Å². The predicted octanol–water partition coefficient (Wildman–Crippen LogP) is 16.3. The Hall–Kier alpha value is -5.92. The van der Waals surface area contributed by atoms with E-state index in [1.165, 1.54) is 129 Å². The molecule has 5 heterocycles. The topological polar surface area (TPSA) is 6.48 Å². The third-order valence-electron chi connectivity index (χ3n) is 13.8. The van der Waals surface area contributed by atoms with Crippen LogP contribution in [0.2, 0.25) is 0 Å². The van der Waals surface area contributed by atoms with Crippen LogP contribution >= 0.6 is 34.0 Å². The summed E-state index contributed by atoms with van der Waals surface area (Å²) in [4.78, 5) is 7.85. The minimum atomic E-state index is 0.00791. The molecule has 6 heteroatoms.